The third-order valence-corrected chi connectivity index (χ3v) is 1.84. The van der Waals surface area contributed by atoms with Gasteiger partial charge in [0.05, 0.1) is 0 Å². The summed E-state index contributed by atoms with van der Waals surface area (Å²) in [6, 6.07) is 1.25. The molecule has 0 saturated heterocycles. The summed E-state index contributed by atoms with van der Waals surface area (Å²) in [6.07, 6.45) is 0. The van der Waals surface area contributed by atoms with Crippen molar-refractivity contribution in [2.24, 2.45) is 0 Å². The van der Waals surface area contributed by atoms with Crippen LogP contribution in [0.4, 0.5) is 13.2 Å². The van der Waals surface area contributed by atoms with E-state index in [4.69, 9.17) is 5.11 Å². The lowest BCUT2D eigenvalue weighted by Crippen LogP contribution is -2.03. The van der Waals surface area contributed by atoms with Crippen molar-refractivity contribution < 1.29 is 18.3 Å². The van der Waals surface area contributed by atoms with E-state index in [2.05, 4.69) is 0 Å². The summed E-state index contributed by atoms with van der Waals surface area (Å²) in [4.78, 5) is 0. The van der Waals surface area contributed by atoms with Crippen molar-refractivity contribution in [1.82, 2.24) is 0 Å². The van der Waals surface area contributed by atoms with Gasteiger partial charge in [-0.3, -0.25) is 0 Å². The third kappa shape index (κ3) is 2.01. The average Bonchev–Trinajstić information content (AvgIpc) is 2.10. The second-order valence-corrected chi connectivity index (χ2v) is 2.87. The number of benzene rings is 1. The van der Waals surface area contributed by atoms with Gasteiger partial charge in [-0.1, -0.05) is 6.92 Å². The quantitative estimate of drug-likeness (QED) is 0.709. The van der Waals surface area contributed by atoms with Crippen molar-refractivity contribution in [2.45, 2.75) is 12.8 Å². The van der Waals surface area contributed by atoms with Gasteiger partial charge < -0.3 is 5.11 Å². The molecule has 1 rings (SSSR count). The first kappa shape index (κ1) is 10.1. The lowest BCUT2D eigenvalue weighted by atomic mass is 10.0. The van der Waals surface area contributed by atoms with E-state index >= 15 is 0 Å². The molecule has 0 aliphatic rings. The van der Waals surface area contributed by atoms with Gasteiger partial charge in [0.25, 0.3) is 0 Å². The molecule has 1 atom stereocenters. The number of hydrogen-bond acceptors (Lipinski definition) is 1. The fraction of sp³-hybridized carbons (Fsp3) is 0.333. The predicted octanol–water partition coefficient (Wildman–Crippen LogP) is 2.20. The number of halogens is 3. The van der Waals surface area contributed by atoms with E-state index in [1.165, 1.54) is 6.92 Å². The Morgan fingerprint density at radius 3 is 2.23 bits per heavy atom. The highest BCUT2D eigenvalue weighted by Crippen LogP contribution is 2.21. The lowest BCUT2D eigenvalue weighted by molar-refractivity contribution is 0.270. The molecule has 72 valence electrons. The normalized spacial score (nSPS) is 13.0. The number of aliphatic hydroxyl groups is 1. The van der Waals surface area contributed by atoms with Gasteiger partial charge in [-0.2, -0.15) is 0 Å². The van der Waals surface area contributed by atoms with E-state index in [1.54, 1.807) is 0 Å². The lowest BCUT2D eigenvalue weighted by Gasteiger charge is -2.09. The van der Waals surface area contributed by atoms with Crippen LogP contribution in [0.5, 0.6) is 0 Å². The zero-order valence-electron chi connectivity index (χ0n) is 7.02. The highest BCUT2D eigenvalue weighted by Gasteiger charge is 2.14. The summed E-state index contributed by atoms with van der Waals surface area (Å²) in [6.45, 7) is 1.22. The Kier molecular flexibility index (Phi) is 2.93. The average molecular weight is 190 g/mol. The van der Waals surface area contributed by atoms with Gasteiger partial charge in [0.2, 0.25) is 0 Å². The van der Waals surface area contributed by atoms with Gasteiger partial charge in [0, 0.05) is 18.6 Å². The summed E-state index contributed by atoms with van der Waals surface area (Å²) < 4.78 is 38.0. The highest BCUT2D eigenvalue weighted by atomic mass is 19.2. The Labute approximate surface area is 73.8 Å². The molecule has 0 saturated carbocycles. The molecule has 0 heterocycles. The van der Waals surface area contributed by atoms with E-state index in [-0.39, 0.29) is 12.2 Å². The zero-order chi connectivity index (χ0) is 10.0. The maximum atomic E-state index is 13.0. The van der Waals surface area contributed by atoms with Crippen LogP contribution in [-0.4, -0.2) is 11.7 Å². The number of aliphatic hydroxyl groups excluding tert-OH is 1. The maximum Gasteiger partial charge on any atom is 0.161 e. The SMILES string of the molecule is C[C@@H](CO)c1cc(F)c(F)cc1F. The molecule has 0 spiro atoms. The largest absolute Gasteiger partial charge is 0.396 e. The van der Waals surface area contributed by atoms with E-state index < -0.39 is 23.4 Å². The highest BCUT2D eigenvalue weighted by molar-refractivity contribution is 5.23. The van der Waals surface area contributed by atoms with Crippen molar-refractivity contribution in [3.05, 3.63) is 35.1 Å². The molecule has 1 N–H and O–H groups in total. The molecule has 1 nitrogen and oxygen atoms in total. The van der Waals surface area contributed by atoms with E-state index in [0.29, 0.717) is 6.07 Å². The Hall–Kier alpha value is -1.03. The van der Waals surface area contributed by atoms with Gasteiger partial charge in [-0.05, 0) is 11.6 Å². The van der Waals surface area contributed by atoms with Gasteiger partial charge in [-0.15, -0.1) is 0 Å². The molecule has 1 aromatic rings. The van der Waals surface area contributed by atoms with Gasteiger partial charge >= 0.3 is 0 Å². The molecule has 0 amide bonds. The van der Waals surface area contributed by atoms with Crippen LogP contribution in [0.3, 0.4) is 0 Å². The second kappa shape index (κ2) is 3.79. The fourth-order valence-electron chi connectivity index (χ4n) is 1.01. The van der Waals surface area contributed by atoms with Crippen LogP contribution in [0.1, 0.15) is 18.4 Å². The molecule has 1 aromatic carbocycles. The standard InChI is InChI=1S/C9H9F3O/c1-5(4-13)6-2-8(11)9(12)3-7(6)10/h2-3,5,13H,4H2,1H3/t5-/m0/s1. The van der Waals surface area contributed by atoms with Crippen LogP contribution < -0.4 is 0 Å². The topological polar surface area (TPSA) is 20.2 Å². The summed E-state index contributed by atoms with van der Waals surface area (Å²) >= 11 is 0. The molecule has 0 fully saturated rings. The second-order valence-electron chi connectivity index (χ2n) is 2.87. The summed E-state index contributed by atoms with van der Waals surface area (Å²) in [5.74, 6) is -3.68. The Balaban J connectivity index is 3.15. The minimum Gasteiger partial charge on any atom is -0.396 e. The predicted molar refractivity (Wildman–Crippen MR) is 41.8 cm³/mol. The van der Waals surface area contributed by atoms with Crippen LogP contribution >= 0.6 is 0 Å². The van der Waals surface area contributed by atoms with Crippen LogP contribution in [0.25, 0.3) is 0 Å². The number of rotatable bonds is 2. The first-order valence-corrected chi connectivity index (χ1v) is 3.81. The molecule has 0 bridgehead atoms. The first-order chi connectivity index (χ1) is 6.06. The van der Waals surface area contributed by atoms with E-state index in [0.717, 1.165) is 6.07 Å². The van der Waals surface area contributed by atoms with Gasteiger partial charge in [-0.25, -0.2) is 13.2 Å². The monoisotopic (exact) mass is 190 g/mol. The van der Waals surface area contributed by atoms with Gasteiger partial charge in [0.15, 0.2) is 11.6 Å². The molecule has 0 aliphatic carbocycles. The summed E-state index contributed by atoms with van der Waals surface area (Å²) in [5.41, 5.74) is -0.0126. The maximum absolute atomic E-state index is 13.0. The van der Waals surface area contributed by atoms with Crippen molar-refractivity contribution >= 4 is 0 Å². The smallest absolute Gasteiger partial charge is 0.161 e. The van der Waals surface area contributed by atoms with Crippen LogP contribution in [0.2, 0.25) is 0 Å². The molecule has 0 unspecified atom stereocenters. The molecular formula is C9H9F3O. The Bertz CT molecular complexity index is 312. The van der Waals surface area contributed by atoms with Crippen molar-refractivity contribution in [2.75, 3.05) is 6.61 Å². The molecular weight excluding hydrogens is 181 g/mol. The first-order valence-electron chi connectivity index (χ1n) is 3.81. The molecule has 0 radical (unpaired) electrons. The number of hydrogen-bond donors (Lipinski definition) is 1. The van der Waals surface area contributed by atoms with Crippen LogP contribution in [0, 0.1) is 17.5 Å². The van der Waals surface area contributed by atoms with Crippen molar-refractivity contribution in [3.63, 3.8) is 0 Å². The zero-order valence-corrected chi connectivity index (χ0v) is 7.02. The summed E-state index contributed by atoms with van der Waals surface area (Å²) in [5, 5.41) is 8.69. The Morgan fingerprint density at radius 1 is 1.15 bits per heavy atom. The molecule has 4 heteroatoms. The van der Waals surface area contributed by atoms with Crippen molar-refractivity contribution in [3.8, 4) is 0 Å². The fourth-order valence-corrected chi connectivity index (χ4v) is 1.01. The minimum atomic E-state index is -1.22. The molecule has 0 aliphatic heterocycles. The molecule has 0 aromatic heterocycles. The minimum absolute atomic E-state index is 0.0126. The summed E-state index contributed by atoms with van der Waals surface area (Å²) in [7, 11) is 0. The van der Waals surface area contributed by atoms with E-state index in [9.17, 15) is 13.2 Å². The van der Waals surface area contributed by atoms with Gasteiger partial charge in [0.1, 0.15) is 5.82 Å². The Morgan fingerprint density at radius 2 is 1.69 bits per heavy atom. The van der Waals surface area contributed by atoms with Crippen molar-refractivity contribution in [1.29, 1.82) is 0 Å². The van der Waals surface area contributed by atoms with E-state index in [1.807, 2.05) is 0 Å². The van der Waals surface area contributed by atoms with Crippen LogP contribution in [-0.2, 0) is 0 Å². The molecule has 13 heavy (non-hydrogen) atoms. The van der Waals surface area contributed by atoms with Crippen LogP contribution in [0.15, 0.2) is 12.1 Å². The third-order valence-electron chi connectivity index (χ3n) is 1.84.